The number of aliphatic hydroxyl groups is 1. The number of nitrogens with zero attached hydrogens (tertiary/aromatic N) is 1. The summed E-state index contributed by atoms with van der Waals surface area (Å²) in [6, 6.07) is 8.24. The highest BCUT2D eigenvalue weighted by molar-refractivity contribution is 7.16. The molecule has 132 valence electrons. The minimum atomic E-state index is -4.91. The summed E-state index contributed by atoms with van der Waals surface area (Å²) in [6.45, 7) is 1.29. The van der Waals surface area contributed by atoms with Crippen LogP contribution in [0.1, 0.15) is 24.0 Å². The highest BCUT2D eigenvalue weighted by Gasteiger charge is 2.59. The molecule has 8 heteroatoms. The molecule has 0 aliphatic rings. The second-order valence-corrected chi connectivity index (χ2v) is 7.42. The molecule has 0 saturated heterocycles. The van der Waals surface area contributed by atoms with E-state index < -0.39 is 17.7 Å². The first-order chi connectivity index (χ1) is 11.6. The molecule has 0 amide bonds. The standard InChI is InChI=1S/C17H12Cl2F3NOS/c1-9(12-4-3-11(18)7-13(12)19)16(24,17(20,21)22)10-2-5-14-15(6-10)25-8-23-14/h2-9,24H,1H3. The number of alkyl halides is 3. The van der Waals surface area contributed by atoms with Crippen LogP contribution < -0.4 is 0 Å². The van der Waals surface area contributed by atoms with Gasteiger partial charge in [0.1, 0.15) is 0 Å². The number of rotatable bonds is 3. The molecule has 2 nitrogen and oxygen atoms in total. The zero-order valence-corrected chi connectivity index (χ0v) is 15.1. The van der Waals surface area contributed by atoms with Crippen molar-refractivity contribution in [2.24, 2.45) is 0 Å². The molecule has 3 aromatic rings. The molecule has 3 rings (SSSR count). The molecule has 1 aromatic heterocycles. The Kier molecular flexibility index (Phi) is 4.75. The van der Waals surface area contributed by atoms with Gasteiger partial charge in [0.2, 0.25) is 0 Å². The molecule has 0 radical (unpaired) electrons. The van der Waals surface area contributed by atoms with E-state index in [0.29, 0.717) is 15.2 Å². The van der Waals surface area contributed by atoms with Crippen LogP contribution in [-0.4, -0.2) is 16.3 Å². The maximum atomic E-state index is 13.9. The van der Waals surface area contributed by atoms with Gasteiger partial charge in [-0.15, -0.1) is 11.3 Å². The maximum Gasteiger partial charge on any atom is 0.422 e. The number of halogens is 5. The van der Waals surface area contributed by atoms with Crippen molar-refractivity contribution in [2.45, 2.75) is 24.6 Å². The van der Waals surface area contributed by atoms with Crippen molar-refractivity contribution in [2.75, 3.05) is 0 Å². The molecule has 1 heterocycles. The Bertz CT molecular complexity index is 928. The van der Waals surface area contributed by atoms with E-state index in [4.69, 9.17) is 23.2 Å². The number of thiazole rings is 1. The first-order valence-electron chi connectivity index (χ1n) is 7.22. The predicted molar refractivity (Wildman–Crippen MR) is 94.4 cm³/mol. The van der Waals surface area contributed by atoms with Crippen LogP contribution in [0.2, 0.25) is 10.0 Å². The molecule has 2 unspecified atom stereocenters. The Morgan fingerprint density at radius 2 is 1.84 bits per heavy atom. The Morgan fingerprint density at radius 1 is 1.12 bits per heavy atom. The molecule has 0 aliphatic heterocycles. The summed E-state index contributed by atoms with van der Waals surface area (Å²) in [5.74, 6) is -1.34. The van der Waals surface area contributed by atoms with Gasteiger partial charge in [0, 0.05) is 16.0 Å². The predicted octanol–water partition coefficient (Wildman–Crippen LogP) is 6.16. The minimum Gasteiger partial charge on any atom is -0.376 e. The van der Waals surface area contributed by atoms with E-state index >= 15 is 0 Å². The quantitative estimate of drug-likeness (QED) is 0.566. The van der Waals surface area contributed by atoms with Gasteiger partial charge in [-0.2, -0.15) is 13.2 Å². The van der Waals surface area contributed by atoms with Crippen molar-refractivity contribution in [3.63, 3.8) is 0 Å². The van der Waals surface area contributed by atoms with E-state index in [1.54, 1.807) is 5.51 Å². The van der Waals surface area contributed by atoms with Gasteiger partial charge in [0.25, 0.3) is 0 Å². The van der Waals surface area contributed by atoms with Crippen LogP contribution in [0, 0.1) is 0 Å². The summed E-state index contributed by atoms with van der Waals surface area (Å²) in [6.07, 6.45) is -4.91. The lowest BCUT2D eigenvalue weighted by Crippen LogP contribution is -2.46. The van der Waals surface area contributed by atoms with Gasteiger partial charge < -0.3 is 5.11 Å². The molecule has 0 bridgehead atoms. The maximum absolute atomic E-state index is 13.9. The van der Waals surface area contributed by atoms with Crippen molar-refractivity contribution < 1.29 is 18.3 Å². The molecule has 25 heavy (non-hydrogen) atoms. The van der Waals surface area contributed by atoms with Crippen molar-refractivity contribution in [3.8, 4) is 0 Å². The number of hydrogen-bond donors (Lipinski definition) is 1. The molecule has 0 spiro atoms. The van der Waals surface area contributed by atoms with Gasteiger partial charge in [-0.25, -0.2) is 4.98 Å². The lowest BCUT2D eigenvalue weighted by atomic mass is 9.77. The van der Waals surface area contributed by atoms with Crippen LogP contribution in [0.15, 0.2) is 41.9 Å². The Hall–Kier alpha value is -1.34. The Balaban J connectivity index is 2.18. The van der Waals surface area contributed by atoms with Gasteiger partial charge in [-0.1, -0.05) is 42.3 Å². The average molecular weight is 406 g/mol. The Labute approximate surface area is 155 Å². The van der Waals surface area contributed by atoms with E-state index in [-0.39, 0.29) is 16.1 Å². The number of aromatic nitrogens is 1. The van der Waals surface area contributed by atoms with Gasteiger partial charge in [-0.05, 0) is 35.4 Å². The Morgan fingerprint density at radius 3 is 2.48 bits per heavy atom. The second-order valence-electron chi connectivity index (χ2n) is 5.69. The smallest absolute Gasteiger partial charge is 0.376 e. The number of fused-ring (bicyclic) bond motifs is 1. The first-order valence-corrected chi connectivity index (χ1v) is 8.86. The van der Waals surface area contributed by atoms with Crippen LogP contribution in [0.25, 0.3) is 10.2 Å². The van der Waals surface area contributed by atoms with Crippen molar-refractivity contribution in [3.05, 3.63) is 63.1 Å². The molecule has 2 atom stereocenters. The van der Waals surface area contributed by atoms with E-state index in [0.717, 1.165) is 0 Å². The topological polar surface area (TPSA) is 33.1 Å². The third-order valence-corrected chi connectivity index (χ3v) is 5.61. The van der Waals surface area contributed by atoms with Crippen LogP contribution in [0.3, 0.4) is 0 Å². The SMILES string of the molecule is CC(c1ccc(Cl)cc1Cl)C(O)(c1ccc2ncsc2c1)C(F)(F)F. The van der Waals surface area contributed by atoms with Gasteiger partial charge in [0.15, 0.2) is 5.60 Å². The van der Waals surface area contributed by atoms with E-state index in [1.165, 1.54) is 54.7 Å². The zero-order chi connectivity index (χ0) is 18.4. The van der Waals surface area contributed by atoms with Crippen LogP contribution in [-0.2, 0) is 5.60 Å². The van der Waals surface area contributed by atoms with Gasteiger partial charge in [0.05, 0.1) is 15.7 Å². The summed E-state index contributed by atoms with van der Waals surface area (Å²) in [5.41, 5.74) is -1.08. The van der Waals surface area contributed by atoms with Crippen LogP contribution >= 0.6 is 34.5 Å². The molecule has 0 fully saturated rings. The molecule has 0 saturated carbocycles. The summed E-state index contributed by atoms with van der Waals surface area (Å²) in [7, 11) is 0. The second kappa shape index (κ2) is 6.43. The zero-order valence-electron chi connectivity index (χ0n) is 12.8. The van der Waals surface area contributed by atoms with Crippen LogP contribution in [0.5, 0.6) is 0 Å². The normalized spacial score (nSPS) is 16.0. The first kappa shape index (κ1) is 18.5. The van der Waals surface area contributed by atoms with Crippen molar-refractivity contribution in [1.82, 2.24) is 4.98 Å². The van der Waals surface area contributed by atoms with Crippen LogP contribution in [0.4, 0.5) is 13.2 Å². The molecule has 2 aromatic carbocycles. The van der Waals surface area contributed by atoms with Crippen molar-refractivity contribution >= 4 is 44.8 Å². The summed E-state index contributed by atoms with van der Waals surface area (Å²) < 4.78 is 42.4. The largest absolute Gasteiger partial charge is 0.422 e. The van der Waals surface area contributed by atoms with Crippen molar-refractivity contribution in [1.29, 1.82) is 0 Å². The number of hydrogen-bond acceptors (Lipinski definition) is 3. The molecular formula is C17H12Cl2F3NOS. The summed E-state index contributed by atoms with van der Waals surface area (Å²) in [5, 5.41) is 11.2. The monoisotopic (exact) mass is 405 g/mol. The fourth-order valence-corrected chi connectivity index (χ4v) is 4.12. The number of benzene rings is 2. The van der Waals surface area contributed by atoms with E-state index in [9.17, 15) is 18.3 Å². The van der Waals surface area contributed by atoms with Gasteiger partial charge >= 0.3 is 6.18 Å². The fourth-order valence-electron chi connectivity index (χ4n) is 2.83. The lowest BCUT2D eigenvalue weighted by molar-refractivity contribution is -0.274. The highest BCUT2D eigenvalue weighted by atomic mass is 35.5. The third-order valence-electron chi connectivity index (χ3n) is 4.26. The fraction of sp³-hybridized carbons (Fsp3) is 0.235. The third kappa shape index (κ3) is 3.12. The molecular weight excluding hydrogens is 394 g/mol. The molecule has 0 aliphatic carbocycles. The van der Waals surface area contributed by atoms with Gasteiger partial charge in [-0.3, -0.25) is 0 Å². The minimum absolute atomic E-state index is 0.0709. The average Bonchev–Trinajstić information content (AvgIpc) is 3.00. The van der Waals surface area contributed by atoms with E-state index in [1.807, 2.05) is 0 Å². The summed E-state index contributed by atoms with van der Waals surface area (Å²) >= 11 is 13.1. The highest BCUT2D eigenvalue weighted by Crippen LogP contribution is 2.50. The lowest BCUT2D eigenvalue weighted by Gasteiger charge is -2.37. The molecule has 1 N–H and O–H groups in total. The van der Waals surface area contributed by atoms with E-state index in [2.05, 4.69) is 4.98 Å². The summed E-state index contributed by atoms with van der Waals surface area (Å²) in [4.78, 5) is 4.05.